The van der Waals surface area contributed by atoms with E-state index < -0.39 is 10.7 Å². The molecule has 7 heteroatoms. The Morgan fingerprint density at radius 1 is 1.35 bits per heavy atom. The number of anilines is 1. The highest BCUT2D eigenvalue weighted by molar-refractivity contribution is 5.51. The van der Waals surface area contributed by atoms with Gasteiger partial charge in [-0.25, -0.2) is 9.07 Å². The maximum atomic E-state index is 14.0. The van der Waals surface area contributed by atoms with Crippen LogP contribution in [0.25, 0.3) is 5.69 Å². The SMILES string of the molecule is Nc1nn(-c2cc([N+](=O)[O-])ccc2F)c2c1CCCC2. The van der Waals surface area contributed by atoms with Gasteiger partial charge < -0.3 is 5.73 Å². The first-order valence-corrected chi connectivity index (χ1v) is 6.38. The molecule has 0 aliphatic heterocycles. The smallest absolute Gasteiger partial charge is 0.271 e. The van der Waals surface area contributed by atoms with Crippen LogP contribution >= 0.6 is 0 Å². The Morgan fingerprint density at radius 3 is 2.85 bits per heavy atom. The molecule has 1 aromatic carbocycles. The summed E-state index contributed by atoms with van der Waals surface area (Å²) < 4.78 is 15.4. The minimum absolute atomic E-state index is 0.0778. The van der Waals surface area contributed by atoms with Crippen LogP contribution in [-0.4, -0.2) is 14.7 Å². The standard InChI is InChI=1S/C13H13FN4O2/c14-10-6-5-8(18(19)20)7-12(10)17-11-4-2-1-3-9(11)13(15)16-17/h5-7H,1-4H2,(H2,15,16). The Labute approximate surface area is 114 Å². The number of hydrogen-bond acceptors (Lipinski definition) is 4. The molecule has 0 amide bonds. The van der Waals surface area contributed by atoms with Crippen molar-refractivity contribution in [1.29, 1.82) is 0 Å². The fourth-order valence-electron chi connectivity index (χ4n) is 2.60. The molecule has 0 fully saturated rings. The molecule has 0 bridgehead atoms. The number of benzene rings is 1. The average molecular weight is 276 g/mol. The van der Waals surface area contributed by atoms with Crippen LogP contribution in [0.5, 0.6) is 0 Å². The van der Waals surface area contributed by atoms with E-state index in [-0.39, 0.29) is 11.4 Å². The van der Waals surface area contributed by atoms with Gasteiger partial charge in [0.1, 0.15) is 17.3 Å². The second-order valence-electron chi connectivity index (χ2n) is 4.82. The third kappa shape index (κ3) is 1.91. The van der Waals surface area contributed by atoms with Gasteiger partial charge in [0.2, 0.25) is 0 Å². The van der Waals surface area contributed by atoms with Gasteiger partial charge in [-0.05, 0) is 31.7 Å². The van der Waals surface area contributed by atoms with E-state index in [0.29, 0.717) is 5.82 Å². The van der Waals surface area contributed by atoms with Gasteiger partial charge in [0.15, 0.2) is 0 Å². The highest BCUT2D eigenvalue weighted by atomic mass is 19.1. The number of nitrogen functional groups attached to an aromatic ring is 1. The molecule has 1 heterocycles. The van der Waals surface area contributed by atoms with Crippen molar-refractivity contribution in [3.8, 4) is 5.69 Å². The monoisotopic (exact) mass is 276 g/mol. The average Bonchev–Trinajstić information content (AvgIpc) is 2.77. The van der Waals surface area contributed by atoms with Crippen molar-refractivity contribution < 1.29 is 9.31 Å². The maximum Gasteiger partial charge on any atom is 0.271 e. The van der Waals surface area contributed by atoms with E-state index in [0.717, 1.165) is 49.1 Å². The molecule has 0 saturated heterocycles. The minimum atomic E-state index is -0.553. The molecule has 2 aromatic rings. The molecular weight excluding hydrogens is 263 g/mol. The van der Waals surface area contributed by atoms with Crippen molar-refractivity contribution in [3.63, 3.8) is 0 Å². The Bertz CT molecular complexity index is 696. The van der Waals surface area contributed by atoms with Gasteiger partial charge in [-0.1, -0.05) is 0 Å². The lowest BCUT2D eigenvalue weighted by atomic mass is 9.97. The highest BCUT2D eigenvalue weighted by Gasteiger charge is 2.22. The van der Waals surface area contributed by atoms with Crippen LogP contribution in [0.1, 0.15) is 24.1 Å². The number of nitrogens with zero attached hydrogens (tertiary/aromatic N) is 3. The van der Waals surface area contributed by atoms with Crippen LogP contribution in [0.15, 0.2) is 18.2 Å². The van der Waals surface area contributed by atoms with Crippen molar-refractivity contribution in [3.05, 3.63) is 45.4 Å². The largest absolute Gasteiger partial charge is 0.382 e. The van der Waals surface area contributed by atoms with Crippen LogP contribution in [0.3, 0.4) is 0 Å². The lowest BCUT2D eigenvalue weighted by Crippen LogP contribution is -2.09. The number of nitro groups is 1. The van der Waals surface area contributed by atoms with Gasteiger partial charge in [-0.2, -0.15) is 5.10 Å². The fourth-order valence-corrected chi connectivity index (χ4v) is 2.60. The first-order chi connectivity index (χ1) is 9.58. The van der Waals surface area contributed by atoms with Crippen LogP contribution in [-0.2, 0) is 12.8 Å². The van der Waals surface area contributed by atoms with Crippen molar-refractivity contribution in [2.75, 3.05) is 5.73 Å². The number of aromatic nitrogens is 2. The minimum Gasteiger partial charge on any atom is -0.382 e. The second kappa shape index (κ2) is 4.59. The van der Waals surface area contributed by atoms with Gasteiger partial charge in [-0.3, -0.25) is 10.1 Å². The molecule has 0 saturated carbocycles. The van der Waals surface area contributed by atoms with Gasteiger partial charge >= 0.3 is 0 Å². The number of non-ortho nitro benzene ring substituents is 1. The first kappa shape index (κ1) is 12.6. The van der Waals surface area contributed by atoms with Crippen LogP contribution in [0.4, 0.5) is 15.9 Å². The molecule has 104 valence electrons. The van der Waals surface area contributed by atoms with E-state index in [1.54, 1.807) is 0 Å². The quantitative estimate of drug-likeness (QED) is 0.673. The zero-order valence-corrected chi connectivity index (χ0v) is 10.7. The van der Waals surface area contributed by atoms with E-state index in [2.05, 4.69) is 5.10 Å². The normalized spacial score (nSPS) is 14.1. The van der Waals surface area contributed by atoms with Gasteiger partial charge in [0.05, 0.1) is 4.92 Å². The predicted molar refractivity (Wildman–Crippen MR) is 71.2 cm³/mol. The molecule has 0 atom stereocenters. The molecule has 6 nitrogen and oxygen atoms in total. The number of fused-ring (bicyclic) bond motifs is 1. The lowest BCUT2D eigenvalue weighted by Gasteiger charge is -2.14. The Morgan fingerprint density at radius 2 is 2.10 bits per heavy atom. The molecule has 2 N–H and O–H groups in total. The summed E-state index contributed by atoms with van der Waals surface area (Å²) >= 11 is 0. The first-order valence-electron chi connectivity index (χ1n) is 6.38. The molecule has 0 radical (unpaired) electrons. The van der Waals surface area contributed by atoms with Gasteiger partial charge in [-0.15, -0.1) is 0 Å². The summed E-state index contributed by atoms with van der Waals surface area (Å²) in [6.45, 7) is 0. The summed E-state index contributed by atoms with van der Waals surface area (Å²) in [4.78, 5) is 10.3. The molecule has 0 unspecified atom stereocenters. The third-order valence-electron chi connectivity index (χ3n) is 3.58. The van der Waals surface area contributed by atoms with E-state index in [9.17, 15) is 14.5 Å². The number of rotatable bonds is 2. The van der Waals surface area contributed by atoms with Gasteiger partial charge in [0, 0.05) is 23.4 Å². The molecule has 0 spiro atoms. The second-order valence-corrected chi connectivity index (χ2v) is 4.82. The highest BCUT2D eigenvalue weighted by Crippen LogP contribution is 2.30. The molecule has 3 rings (SSSR count). The summed E-state index contributed by atoms with van der Waals surface area (Å²) in [6, 6.07) is 3.41. The fraction of sp³-hybridized carbons (Fsp3) is 0.308. The summed E-state index contributed by atoms with van der Waals surface area (Å²) in [5.41, 5.74) is 7.56. The zero-order chi connectivity index (χ0) is 14.3. The Hall–Kier alpha value is -2.44. The molecule has 1 aliphatic rings. The number of nitro benzene ring substituents is 1. The molecule has 1 aliphatic carbocycles. The van der Waals surface area contributed by atoms with Gasteiger partial charge in [0.25, 0.3) is 5.69 Å². The summed E-state index contributed by atoms with van der Waals surface area (Å²) in [7, 11) is 0. The van der Waals surface area contributed by atoms with Crippen LogP contribution in [0, 0.1) is 15.9 Å². The lowest BCUT2D eigenvalue weighted by molar-refractivity contribution is -0.384. The molecule has 20 heavy (non-hydrogen) atoms. The number of halogens is 1. The topological polar surface area (TPSA) is 87.0 Å². The van der Waals surface area contributed by atoms with E-state index >= 15 is 0 Å². The molecule has 1 aromatic heterocycles. The Balaban J connectivity index is 2.18. The van der Waals surface area contributed by atoms with Crippen LogP contribution < -0.4 is 5.73 Å². The van der Waals surface area contributed by atoms with Crippen molar-refractivity contribution in [1.82, 2.24) is 9.78 Å². The predicted octanol–water partition coefficient (Wildman–Crippen LogP) is 2.38. The van der Waals surface area contributed by atoms with Crippen molar-refractivity contribution >= 4 is 11.5 Å². The molecular formula is C13H13FN4O2. The third-order valence-corrected chi connectivity index (χ3v) is 3.58. The number of nitrogens with two attached hydrogens (primary N) is 1. The number of hydrogen-bond donors (Lipinski definition) is 1. The zero-order valence-electron chi connectivity index (χ0n) is 10.7. The van der Waals surface area contributed by atoms with Crippen LogP contribution in [0.2, 0.25) is 0 Å². The summed E-state index contributed by atoms with van der Waals surface area (Å²) in [5, 5.41) is 15.0. The van der Waals surface area contributed by atoms with Crippen molar-refractivity contribution in [2.24, 2.45) is 0 Å². The van der Waals surface area contributed by atoms with E-state index in [1.165, 1.54) is 10.7 Å². The van der Waals surface area contributed by atoms with E-state index in [1.807, 2.05) is 0 Å². The Kier molecular flexibility index (Phi) is 2.89. The van der Waals surface area contributed by atoms with E-state index in [4.69, 9.17) is 5.73 Å². The summed E-state index contributed by atoms with van der Waals surface area (Å²) in [5.74, 6) is -0.169. The van der Waals surface area contributed by atoms with Crippen molar-refractivity contribution in [2.45, 2.75) is 25.7 Å². The summed E-state index contributed by atoms with van der Waals surface area (Å²) in [6.07, 6.45) is 3.58. The maximum absolute atomic E-state index is 14.0.